The first kappa shape index (κ1) is 15.6. The summed E-state index contributed by atoms with van der Waals surface area (Å²) in [7, 11) is 0. The number of hydrogen-bond donors (Lipinski definition) is 2. The number of amides is 1. The van der Waals surface area contributed by atoms with E-state index in [0.717, 1.165) is 5.56 Å². The van der Waals surface area contributed by atoms with Gasteiger partial charge in [-0.2, -0.15) is 0 Å². The smallest absolute Gasteiger partial charge is 0.241 e. The van der Waals surface area contributed by atoms with Gasteiger partial charge in [0.15, 0.2) is 5.82 Å². The number of hydrogen-bond acceptors (Lipinski definition) is 3. The van der Waals surface area contributed by atoms with Crippen LogP contribution in [-0.4, -0.2) is 29.6 Å². The lowest BCUT2D eigenvalue weighted by Gasteiger charge is -2.13. The molecule has 0 aliphatic carbocycles. The van der Waals surface area contributed by atoms with Gasteiger partial charge < -0.3 is 10.6 Å². The van der Waals surface area contributed by atoms with Crippen molar-refractivity contribution in [2.75, 3.05) is 11.9 Å². The van der Waals surface area contributed by atoms with Gasteiger partial charge in [0.1, 0.15) is 6.17 Å². The third kappa shape index (κ3) is 3.22. The highest BCUT2D eigenvalue weighted by atomic mass is 19.1. The van der Waals surface area contributed by atoms with Crippen LogP contribution in [0.2, 0.25) is 0 Å². The van der Waals surface area contributed by atoms with Crippen LogP contribution in [0.15, 0.2) is 36.5 Å². The molecule has 23 heavy (non-hydrogen) atoms. The molecule has 1 aromatic carbocycles. The number of carbonyl (C=O) groups is 1. The van der Waals surface area contributed by atoms with Crippen molar-refractivity contribution in [3.05, 3.63) is 47.9 Å². The van der Waals surface area contributed by atoms with Gasteiger partial charge in [0.2, 0.25) is 5.91 Å². The number of benzene rings is 1. The Morgan fingerprint density at radius 3 is 2.87 bits per heavy atom. The van der Waals surface area contributed by atoms with Gasteiger partial charge in [-0.3, -0.25) is 9.78 Å². The molecule has 0 unspecified atom stereocenters. The van der Waals surface area contributed by atoms with Gasteiger partial charge in [0.05, 0.1) is 17.4 Å². The second kappa shape index (κ2) is 6.42. The number of halogens is 2. The predicted octanol–water partition coefficient (Wildman–Crippen LogP) is 2.83. The zero-order valence-corrected chi connectivity index (χ0v) is 12.6. The SMILES string of the molecule is Cc1cccnc1-c1cccc(NC(=O)[C@@H]2C[C@@H](F)CN2)c1F. The Kier molecular flexibility index (Phi) is 4.34. The molecule has 1 aliphatic heterocycles. The molecule has 1 aromatic heterocycles. The first-order valence-corrected chi connectivity index (χ1v) is 7.45. The van der Waals surface area contributed by atoms with Crippen LogP contribution in [0.1, 0.15) is 12.0 Å². The predicted molar refractivity (Wildman–Crippen MR) is 84.3 cm³/mol. The molecule has 0 saturated carbocycles. The maximum atomic E-state index is 14.7. The largest absolute Gasteiger partial charge is 0.322 e. The highest BCUT2D eigenvalue weighted by Gasteiger charge is 2.29. The third-order valence-corrected chi connectivity index (χ3v) is 3.91. The molecule has 6 heteroatoms. The van der Waals surface area contributed by atoms with E-state index in [4.69, 9.17) is 0 Å². The molecule has 1 aliphatic rings. The molecule has 0 bridgehead atoms. The zero-order chi connectivity index (χ0) is 16.4. The lowest BCUT2D eigenvalue weighted by atomic mass is 10.1. The molecular weight excluding hydrogens is 300 g/mol. The Morgan fingerprint density at radius 1 is 1.35 bits per heavy atom. The van der Waals surface area contributed by atoms with Crippen molar-refractivity contribution in [2.45, 2.75) is 25.6 Å². The molecule has 4 nitrogen and oxygen atoms in total. The van der Waals surface area contributed by atoms with Gasteiger partial charge in [0, 0.05) is 24.7 Å². The number of carbonyl (C=O) groups excluding carboxylic acids is 1. The van der Waals surface area contributed by atoms with E-state index in [9.17, 15) is 13.6 Å². The van der Waals surface area contributed by atoms with Gasteiger partial charge in [0.25, 0.3) is 0 Å². The lowest BCUT2D eigenvalue weighted by Crippen LogP contribution is -2.35. The van der Waals surface area contributed by atoms with E-state index in [1.165, 1.54) is 6.07 Å². The fourth-order valence-corrected chi connectivity index (χ4v) is 2.69. The summed E-state index contributed by atoms with van der Waals surface area (Å²) in [4.78, 5) is 16.3. The summed E-state index contributed by atoms with van der Waals surface area (Å²) in [6.45, 7) is 1.99. The standard InChI is InChI=1S/C17H17F2N3O/c1-10-4-3-7-20-16(10)12-5-2-6-13(15(12)19)22-17(23)14-8-11(18)9-21-14/h2-7,11,14,21H,8-9H2,1H3,(H,22,23)/t11-,14+/m1/s1. The van der Waals surface area contributed by atoms with E-state index >= 15 is 0 Å². The minimum absolute atomic E-state index is 0.0710. The van der Waals surface area contributed by atoms with Crippen LogP contribution in [0.4, 0.5) is 14.5 Å². The average Bonchev–Trinajstić information content (AvgIpc) is 2.97. The lowest BCUT2D eigenvalue weighted by molar-refractivity contribution is -0.117. The first-order valence-electron chi connectivity index (χ1n) is 7.45. The van der Waals surface area contributed by atoms with E-state index in [0.29, 0.717) is 11.3 Å². The number of aromatic nitrogens is 1. The minimum Gasteiger partial charge on any atom is -0.322 e. The number of nitrogens with zero attached hydrogens (tertiary/aromatic N) is 1. The van der Waals surface area contributed by atoms with Gasteiger partial charge in [-0.05, 0) is 30.7 Å². The van der Waals surface area contributed by atoms with Crippen LogP contribution in [0, 0.1) is 12.7 Å². The van der Waals surface area contributed by atoms with Crippen LogP contribution in [0.25, 0.3) is 11.3 Å². The van der Waals surface area contributed by atoms with Crippen LogP contribution >= 0.6 is 0 Å². The number of anilines is 1. The summed E-state index contributed by atoms with van der Waals surface area (Å²) >= 11 is 0. The topological polar surface area (TPSA) is 54.0 Å². The summed E-state index contributed by atoms with van der Waals surface area (Å²) in [5.74, 6) is -0.976. The van der Waals surface area contributed by atoms with Crippen molar-refractivity contribution in [1.82, 2.24) is 10.3 Å². The van der Waals surface area contributed by atoms with E-state index in [-0.39, 0.29) is 18.7 Å². The average molecular weight is 317 g/mol. The number of nitrogens with one attached hydrogen (secondary N) is 2. The van der Waals surface area contributed by atoms with E-state index in [1.807, 2.05) is 13.0 Å². The second-order valence-corrected chi connectivity index (χ2v) is 5.62. The van der Waals surface area contributed by atoms with Crippen LogP contribution in [0.3, 0.4) is 0 Å². The first-order chi connectivity index (χ1) is 11.1. The molecule has 2 N–H and O–H groups in total. The number of pyridine rings is 1. The Labute approximate surface area is 132 Å². The molecule has 120 valence electrons. The Morgan fingerprint density at radius 2 is 2.17 bits per heavy atom. The summed E-state index contributed by atoms with van der Waals surface area (Å²) in [5, 5.41) is 5.31. The maximum Gasteiger partial charge on any atom is 0.241 e. The van der Waals surface area contributed by atoms with Crippen molar-refractivity contribution in [1.29, 1.82) is 0 Å². The highest BCUT2D eigenvalue weighted by Crippen LogP contribution is 2.28. The van der Waals surface area contributed by atoms with Gasteiger partial charge in [-0.15, -0.1) is 0 Å². The zero-order valence-electron chi connectivity index (χ0n) is 12.6. The third-order valence-electron chi connectivity index (χ3n) is 3.91. The van der Waals surface area contributed by atoms with Crippen molar-refractivity contribution in [2.24, 2.45) is 0 Å². The quantitative estimate of drug-likeness (QED) is 0.915. The van der Waals surface area contributed by atoms with Crippen molar-refractivity contribution < 1.29 is 13.6 Å². The molecule has 0 radical (unpaired) electrons. The molecule has 2 heterocycles. The van der Waals surface area contributed by atoms with Gasteiger partial charge >= 0.3 is 0 Å². The maximum absolute atomic E-state index is 14.7. The fraction of sp³-hybridized carbons (Fsp3) is 0.294. The Hall–Kier alpha value is -2.34. The fourth-order valence-electron chi connectivity index (χ4n) is 2.69. The van der Waals surface area contributed by atoms with Crippen molar-refractivity contribution >= 4 is 11.6 Å². The molecule has 0 spiro atoms. The molecular formula is C17H17F2N3O. The molecule has 1 amide bonds. The summed E-state index contributed by atoms with van der Waals surface area (Å²) in [6.07, 6.45) is 0.654. The van der Waals surface area contributed by atoms with Crippen LogP contribution in [-0.2, 0) is 4.79 Å². The van der Waals surface area contributed by atoms with Gasteiger partial charge in [-0.25, -0.2) is 8.78 Å². The molecule has 1 fully saturated rings. The summed E-state index contributed by atoms with van der Waals surface area (Å²) < 4.78 is 27.9. The highest BCUT2D eigenvalue weighted by molar-refractivity contribution is 5.95. The van der Waals surface area contributed by atoms with E-state index in [1.54, 1.807) is 24.4 Å². The number of aryl methyl sites for hydroxylation is 1. The van der Waals surface area contributed by atoms with Crippen molar-refractivity contribution in [3.63, 3.8) is 0 Å². The van der Waals surface area contributed by atoms with Gasteiger partial charge in [-0.1, -0.05) is 12.1 Å². The molecule has 2 atom stereocenters. The minimum atomic E-state index is -1.04. The molecule has 3 rings (SSSR count). The van der Waals surface area contributed by atoms with Crippen molar-refractivity contribution in [3.8, 4) is 11.3 Å². The second-order valence-electron chi connectivity index (χ2n) is 5.62. The molecule has 1 saturated heterocycles. The molecule has 2 aromatic rings. The summed E-state index contributed by atoms with van der Waals surface area (Å²) in [6, 6.07) is 7.74. The van der Waals surface area contributed by atoms with Crippen LogP contribution < -0.4 is 10.6 Å². The Bertz CT molecular complexity index is 736. The number of rotatable bonds is 3. The monoisotopic (exact) mass is 317 g/mol. The summed E-state index contributed by atoms with van der Waals surface area (Å²) in [5.41, 5.74) is 1.77. The van der Waals surface area contributed by atoms with E-state index in [2.05, 4.69) is 15.6 Å². The van der Waals surface area contributed by atoms with E-state index < -0.39 is 23.9 Å². The normalized spacial score (nSPS) is 20.5. The van der Waals surface area contributed by atoms with Crippen LogP contribution in [0.5, 0.6) is 0 Å². The number of alkyl halides is 1. The Balaban J connectivity index is 1.86.